The van der Waals surface area contributed by atoms with E-state index in [0.29, 0.717) is 10.4 Å². The van der Waals surface area contributed by atoms with Crippen LogP contribution in [0.1, 0.15) is 20.8 Å². The first-order valence-electron chi connectivity index (χ1n) is 6.94. The molecule has 0 aliphatic rings. The number of pyridine rings is 1. The van der Waals surface area contributed by atoms with Crippen molar-refractivity contribution in [2.45, 2.75) is 0 Å². The Hall–Kier alpha value is -3.12. The average Bonchev–Trinajstić information content (AvgIpc) is 2.57. The van der Waals surface area contributed by atoms with Gasteiger partial charge in [0.15, 0.2) is 0 Å². The molecule has 3 aromatic rings. The number of halogens is 1. The molecule has 24 heavy (non-hydrogen) atoms. The van der Waals surface area contributed by atoms with E-state index in [1.807, 2.05) is 0 Å². The number of nitrogens with zero attached hydrogens (tertiary/aromatic N) is 1. The van der Waals surface area contributed by atoms with Crippen LogP contribution in [0.3, 0.4) is 0 Å². The van der Waals surface area contributed by atoms with Gasteiger partial charge in [0.25, 0.3) is 5.91 Å². The Balaban J connectivity index is 1.95. The third-order valence-corrected chi connectivity index (χ3v) is 3.71. The van der Waals surface area contributed by atoms with Gasteiger partial charge in [-0.1, -0.05) is 23.7 Å². The number of carbonyl (C=O) groups excluding carboxylic acids is 2. The molecule has 120 valence electrons. The SMILES string of the molecule is NC(=O)c1ccc(C(=O)Nc2c(O)ccc3cc(Cl)ccc23)nc1. The second-order valence-electron chi connectivity index (χ2n) is 5.08. The Bertz CT molecular complexity index is 955. The number of hydrogen-bond acceptors (Lipinski definition) is 4. The topological polar surface area (TPSA) is 105 Å². The fraction of sp³-hybridized carbons (Fsp3) is 0. The first kappa shape index (κ1) is 15.8. The summed E-state index contributed by atoms with van der Waals surface area (Å²) >= 11 is 5.96. The highest BCUT2D eigenvalue weighted by Gasteiger charge is 2.14. The van der Waals surface area contributed by atoms with E-state index in [-0.39, 0.29) is 22.7 Å². The highest BCUT2D eigenvalue weighted by molar-refractivity contribution is 6.31. The molecule has 4 N–H and O–H groups in total. The fourth-order valence-electron chi connectivity index (χ4n) is 2.27. The van der Waals surface area contributed by atoms with Crippen molar-refractivity contribution in [2.75, 3.05) is 5.32 Å². The predicted octanol–water partition coefficient (Wildman–Crippen LogP) is 2.95. The number of nitrogens with one attached hydrogen (secondary N) is 1. The number of rotatable bonds is 3. The zero-order chi connectivity index (χ0) is 17.3. The van der Waals surface area contributed by atoms with Crippen LogP contribution in [-0.4, -0.2) is 21.9 Å². The molecule has 0 radical (unpaired) electrons. The van der Waals surface area contributed by atoms with Crippen LogP contribution in [0, 0.1) is 0 Å². The number of primary amides is 1. The van der Waals surface area contributed by atoms with Crippen LogP contribution in [0.15, 0.2) is 48.7 Å². The highest BCUT2D eigenvalue weighted by Crippen LogP contribution is 2.33. The van der Waals surface area contributed by atoms with Crippen LogP contribution in [0.25, 0.3) is 10.8 Å². The van der Waals surface area contributed by atoms with Gasteiger partial charge in [-0.3, -0.25) is 14.6 Å². The van der Waals surface area contributed by atoms with Crippen molar-refractivity contribution < 1.29 is 14.7 Å². The molecule has 0 bridgehead atoms. The van der Waals surface area contributed by atoms with Gasteiger partial charge in [0.2, 0.25) is 5.91 Å². The lowest BCUT2D eigenvalue weighted by atomic mass is 10.1. The molecule has 2 amide bonds. The molecule has 7 heteroatoms. The molecule has 0 aliphatic heterocycles. The molecule has 0 aliphatic carbocycles. The molecule has 0 saturated carbocycles. The van der Waals surface area contributed by atoms with Gasteiger partial charge in [0, 0.05) is 16.6 Å². The first-order chi connectivity index (χ1) is 11.5. The van der Waals surface area contributed by atoms with Crippen molar-refractivity contribution in [1.82, 2.24) is 4.98 Å². The number of benzene rings is 2. The van der Waals surface area contributed by atoms with Crippen molar-refractivity contribution in [3.05, 3.63) is 64.9 Å². The Labute approximate surface area is 141 Å². The average molecular weight is 342 g/mol. The Morgan fingerprint density at radius 3 is 2.58 bits per heavy atom. The molecule has 0 unspecified atom stereocenters. The lowest BCUT2D eigenvalue weighted by Gasteiger charge is -2.11. The number of aromatic hydroxyl groups is 1. The molecular weight excluding hydrogens is 330 g/mol. The van der Waals surface area contributed by atoms with E-state index in [2.05, 4.69) is 10.3 Å². The highest BCUT2D eigenvalue weighted by atomic mass is 35.5. The second-order valence-corrected chi connectivity index (χ2v) is 5.51. The van der Waals surface area contributed by atoms with Crippen LogP contribution < -0.4 is 11.1 Å². The Morgan fingerprint density at radius 1 is 1.12 bits per heavy atom. The van der Waals surface area contributed by atoms with Crippen LogP contribution in [-0.2, 0) is 0 Å². The van der Waals surface area contributed by atoms with Crippen molar-refractivity contribution in [3.63, 3.8) is 0 Å². The summed E-state index contributed by atoms with van der Waals surface area (Å²) in [7, 11) is 0. The second kappa shape index (κ2) is 6.17. The number of fused-ring (bicyclic) bond motifs is 1. The standard InChI is InChI=1S/C17H12ClN3O3/c18-11-3-4-12-9(7-11)2-6-14(22)15(12)21-17(24)13-5-1-10(8-20-13)16(19)23/h1-8,22H,(H2,19,23)(H,21,24). The maximum atomic E-state index is 12.3. The van der Waals surface area contributed by atoms with E-state index in [0.717, 1.165) is 5.39 Å². The van der Waals surface area contributed by atoms with Crippen LogP contribution >= 0.6 is 11.6 Å². The smallest absolute Gasteiger partial charge is 0.274 e. The summed E-state index contributed by atoms with van der Waals surface area (Å²) in [6.07, 6.45) is 1.22. The van der Waals surface area contributed by atoms with E-state index in [9.17, 15) is 14.7 Å². The number of hydrogen-bond donors (Lipinski definition) is 3. The van der Waals surface area contributed by atoms with E-state index in [1.165, 1.54) is 24.4 Å². The molecule has 1 heterocycles. The van der Waals surface area contributed by atoms with Gasteiger partial charge in [-0.15, -0.1) is 0 Å². The summed E-state index contributed by atoms with van der Waals surface area (Å²) in [5.41, 5.74) is 5.68. The molecule has 2 aromatic carbocycles. The van der Waals surface area contributed by atoms with Gasteiger partial charge >= 0.3 is 0 Å². The van der Waals surface area contributed by atoms with E-state index < -0.39 is 11.8 Å². The van der Waals surface area contributed by atoms with E-state index in [1.54, 1.807) is 24.3 Å². The summed E-state index contributed by atoms with van der Waals surface area (Å²) in [6.45, 7) is 0. The zero-order valence-electron chi connectivity index (χ0n) is 12.3. The van der Waals surface area contributed by atoms with Crippen LogP contribution in [0.5, 0.6) is 5.75 Å². The molecular formula is C17H12ClN3O3. The van der Waals surface area contributed by atoms with Crippen LogP contribution in [0.2, 0.25) is 5.02 Å². The number of anilines is 1. The van der Waals surface area contributed by atoms with Gasteiger partial charge < -0.3 is 16.2 Å². The summed E-state index contributed by atoms with van der Waals surface area (Å²) in [5.74, 6) is -1.23. The number of carbonyl (C=O) groups is 2. The number of nitrogens with two attached hydrogens (primary N) is 1. The van der Waals surface area contributed by atoms with Gasteiger partial charge in [0.1, 0.15) is 11.4 Å². The summed E-state index contributed by atoms with van der Waals surface area (Å²) < 4.78 is 0. The van der Waals surface area contributed by atoms with E-state index in [4.69, 9.17) is 17.3 Å². The number of aromatic nitrogens is 1. The Kier molecular flexibility index (Phi) is 4.05. The predicted molar refractivity (Wildman–Crippen MR) is 91.3 cm³/mol. The largest absolute Gasteiger partial charge is 0.506 e. The summed E-state index contributed by atoms with van der Waals surface area (Å²) in [5, 5.41) is 14.6. The molecule has 6 nitrogen and oxygen atoms in total. The number of amides is 2. The van der Waals surface area contributed by atoms with Gasteiger partial charge in [-0.2, -0.15) is 0 Å². The third kappa shape index (κ3) is 3.00. The maximum absolute atomic E-state index is 12.3. The van der Waals surface area contributed by atoms with Crippen molar-refractivity contribution in [1.29, 1.82) is 0 Å². The summed E-state index contributed by atoms with van der Waals surface area (Å²) in [4.78, 5) is 27.3. The lowest BCUT2D eigenvalue weighted by molar-refractivity contribution is 0.0993. The van der Waals surface area contributed by atoms with Gasteiger partial charge in [-0.05, 0) is 35.7 Å². The molecule has 3 rings (SSSR count). The molecule has 0 atom stereocenters. The number of phenolic OH excluding ortho intramolecular Hbond substituents is 1. The molecule has 0 spiro atoms. The quantitative estimate of drug-likeness (QED) is 0.637. The van der Waals surface area contributed by atoms with Gasteiger partial charge in [-0.25, -0.2) is 0 Å². The minimum atomic E-state index is -0.627. The minimum Gasteiger partial charge on any atom is -0.506 e. The van der Waals surface area contributed by atoms with Gasteiger partial charge in [0.05, 0.1) is 11.3 Å². The summed E-state index contributed by atoms with van der Waals surface area (Å²) in [6, 6.07) is 11.1. The molecule has 0 saturated heterocycles. The first-order valence-corrected chi connectivity index (χ1v) is 7.32. The third-order valence-electron chi connectivity index (χ3n) is 3.48. The van der Waals surface area contributed by atoms with E-state index >= 15 is 0 Å². The fourth-order valence-corrected chi connectivity index (χ4v) is 2.45. The van der Waals surface area contributed by atoms with Crippen molar-refractivity contribution in [3.8, 4) is 5.75 Å². The molecule has 1 aromatic heterocycles. The van der Waals surface area contributed by atoms with Crippen LogP contribution in [0.4, 0.5) is 5.69 Å². The minimum absolute atomic E-state index is 0.0769. The normalized spacial score (nSPS) is 10.5. The van der Waals surface area contributed by atoms with Crippen molar-refractivity contribution in [2.24, 2.45) is 5.73 Å². The number of phenols is 1. The lowest BCUT2D eigenvalue weighted by Crippen LogP contribution is -2.16. The zero-order valence-corrected chi connectivity index (χ0v) is 13.0. The molecule has 0 fully saturated rings. The monoisotopic (exact) mass is 341 g/mol. The van der Waals surface area contributed by atoms with Crippen molar-refractivity contribution >= 4 is 39.9 Å². The maximum Gasteiger partial charge on any atom is 0.274 e. The Morgan fingerprint density at radius 2 is 1.92 bits per heavy atom.